The van der Waals surface area contributed by atoms with E-state index in [0.717, 1.165) is 25.5 Å². The number of aliphatic imine (C=N–C) groups is 1. The molecule has 2 aromatic rings. The molecule has 24 heavy (non-hydrogen) atoms. The SMILES string of the molecule is CN=C(NCCn1ccnc1)NC(C)c1ccc(CC(C)C)cc1. The first kappa shape index (κ1) is 18.0. The van der Waals surface area contributed by atoms with Crippen molar-refractivity contribution in [3.8, 4) is 0 Å². The fourth-order valence-electron chi connectivity index (χ4n) is 2.62. The van der Waals surface area contributed by atoms with Crippen molar-refractivity contribution < 1.29 is 0 Å². The Hall–Kier alpha value is -2.30. The summed E-state index contributed by atoms with van der Waals surface area (Å²) in [6, 6.07) is 9.06. The lowest BCUT2D eigenvalue weighted by Crippen LogP contribution is -2.40. The van der Waals surface area contributed by atoms with E-state index in [1.165, 1.54) is 11.1 Å². The lowest BCUT2D eigenvalue weighted by Gasteiger charge is -2.19. The second-order valence-electron chi connectivity index (χ2n) is 6.51. The lowest BCUT2D eigenvalue weighted by atomic mass is 10.00. The zero-order valence-electron chi connectivity index (χ0n) is 15.2. The van der Waals surface area contributed by atoms with E-state index in [0.29, 0.717) is 5.92 Å². The van der Waals surface area contributed by atoms with E-state index in [1.807, 2.05) is 17.1 Å². The van der Waals surface area contributed by atoms with Gasteiger partial charge in [0.1, 0.15) is 0 Å². The fourth-order valence-corrected chi connectivity index (χ4v) is 2.62. The molecule has 0 aliphatic heterocycles. The molecule has 0 saturated carbocycles. The molecule has 2 N–H and O–H groups in total. The molecule has 0 aliphatic rings. The third-order valence-corrected chi connectivity index (χ3v) is 3.92. The van der Waals surface area contributed by atoms with Gasteiger partial charge in [-0.2, -0.15) is 0 Å². The highest BCUT2D eigenvalue weighted by molar-refractivity contribution is 5.80. The molecule has 0 saturated heterocycles. The minimum absolute atomic E-state index is 0.206. The molecule has 2 rings (SSSR count). The first-order valence-corrected chi connectivity index (χ1v) is 8.60. The minimum Gasteiger partial charge on any atom is -0.355 e. The third-order valence-electron chi connectivity index (χ3n) is 3.92. The van der Waals surface area contributed by atoms with E-state index >= 15 is 0 Å². The van der Waals surface area contributed by atoms with Crippen molar-refractivity contribution in [2.75, 3.05) is 13.6 Å². The molecular weight excluding hydrogens is 298 g/mol. The molecule has 0 fully saturated rings. The van der Waals surface area contributed by atoms with Gasteiger partial charge in [0.05, 0.1) is 12.4 Å². The Kier molecular flexibility index (Phi) is 6.85. The molecular formula is C19H29N5. The van der Waals surface area contributed by atoms with Crippen LogP contribution in [0.25, 0.3) is 0 Å². The average Bonchev–Trinajstić information content (AvgIpc) is 3.07. The van der Waals surface area contributed by atoms with Gasteiger partial charge in [-0.3, -0.25) is 4.99 Å². The predicted molar refractivity (Wildman–Crippen MR) is 100 cm³/mol. The maximum atomic E-state index is 4.30. The minimum atomic E-state index is 0.206. The van der Waals surface area contributed by atoms with E-state index in [2.05, 4.69) is 65.6 Å². The monoisotopic (exact) mass is 327 g/mol. The van der Waals surface area contributed by atoms with Gasteiger partial charge in [-0.15, -0.1) is 0 Å². The van der Waals surface area contributed by atoms with Gasteiger partial charge in [-0.1, -0.05) is 38.1 Å². The summed E-state index contributed by atoms with van der Waals surface area (Å²) in [7, 11) is 1.80. The van der Waals surface area contributed by atoms with Crippen LogP contribution in [0, 0.1) is 5.92 Å². The van der Waals surface area contributed by atoms with Crippen LogP contribution in [0.3, 0.4) is 0 Å². The van der Waals surface area contributed by atoms with Crippen molar-refractivity contribution >= 4 is 5.96 Å². The molecule has 5 heteroatoms. The second kappa shape index (κ2) is 9.11. The number of benzene rings is 1. The van der Waals surface area contributed by atoms with Crippen molar-refractivity contribution in [3.05, 3.63) is 54.1 Å². The van der Waals surface area contributed by atoms with Crippen LogP contribution in [0.2, 0.25) is 0 Å². The van der Waals surface area contributed by atoms with Crippen LogP contribution in [0.15, 0.2) is 48.0 Å². The van der Waals surface area contributed by atoms with E-state index in [-0.39, 0.29) is 6.04 Å². The van der Waals surface area contributed by atoms with Crippen LogP contribution in [0.5, 0.6) is 0 Å². The molecule has 0 spiro atoms. The van der Waals surface area contributed by atoms with Gasteiger partial charge < -0.3 is 15.2 Å². The number of nitrogens with one attached hydrogen (secondary N) is 2. The summed E-state index contributed by atoms with van der Waals surface area (Å²) in [5.41, 5.74) is 2.66. The molecule has 5 nitrogen and oxygen atoms in total. The molecule has 130 valence electrons. The quantitative estimate of drug-likeness (QED) is 0.607. The highest BCUT2D eigenvalue weighted by atomic mass is 15.2. The number of nitrogens with zero attached hydrogens (tertiary/aromatic N) is 3. The molecule has 1 atom stereocenters. The van der Waals surface area contributed by atoms with Crippen molar-refractivity contribution in [2.45, 2.75) is 39.8 Å². The molecule has 1 aromatic heterocycles. The molecule has 0 radical (unpaired) electrons. The van der Waals surface area contributed by atoms with Gasteiger partial charge >= 0.3 is 0 Å². The number of guanidine groups is 1. The Balaban J connectivity index is 1.83. The van der Waals surface area contributed by atoms with Gasteiger partial charge in [-0.25, -0.2) is 4.98 Å². The number of rotatable bonds is 7. The van der Waals surface area contributed by atoms with Crippen LogP contribution < -0.4 is 10.6 Å². The van der Waals surface area contributed by atoms with Crippen LogP contribution in [0.1, 0.15) is 37.9 Å². The number of aromatic nitrogens is 2. The standard InChI is InChI=1S/C19H29N5/c1-15(2)13-17-5-7-18(8-6-17)16(3)23-19(20-4)22-10-12-24-11-9-21-14-24/h5-9,11,14-16H,10,12-13H2,1-4H3,(H2,20,22,23). The number of hydrogen-bond acceptors (Lipinski definition) is 2. The molecule has 1 heterocycles. The largest absolute Gasteiger partial charge is 0.355 e. The van der Waals surface area contributed by atoms with Gasteiger partial charge in [0.2, 0.25) is 0 Å². The summed E-state index contributed by atoms with van der Waals surface area (Å²) in [6.45, 7) is 8.31. The first-order valence-electron chi connectivity index (χ1n) is 8.60. The summed E-state index contributed by atoms with van der Waals surface area (Å²) in [6.07, 6.45) is 6.69. The van der Waals surface area contributed by atoms with Gasteiger partial charge in [0.15, 0.2) is 5.96 Å². The Morgan fingerprint density at radius 3 is 2.54 bits per heavy atom. The van der Waals surface area contributed by atoms with Crippen LogP contribution in [-0.4, -0.2) is 29.1 Å². The smallest absolute Gasteiger partial charge is 0.191 e. The number of imidazole rings is 1. The molecule has 0 amide bonds. The highest BCUT2D eigenvalue weighted by Gasteiger charge is 2.08. The third kappa shape index (κ3) is 5.72. The lowest BCUT2D eigenvalue weighted by molar-refractivity contribution is 0.638. The Morgan fingerprint density at radius 2 is 1.96 bits per heavy atom. The second-order valence-corrected chi connectivity index (χ2v) is 6.51. The normalized spacial score (nSPS) is 13.1. The maximum absolute atomic E-state index is 4.30. The zero-order chi connectivity index (χ0) is 17.4. The topological polar surface area (TPSA) is 54.2 Å². The Bertz CT molecular complexity index is 614. The van der Waals surface area contributed by atoms with Crippen LogP contribution >= 0.6 is 0 Å². The van der Waals surface area contributed by atoms with E-state index in [1.54, 1.807) is 13.2 Å². The van der Waals surface area contributed by atoms with Crippen molar-refractivity contribution in [2.24, 2.45) is 10.9 Å². The molecule has 0 bridgehead atoms. The molecule has 1 aromatic carbocycles. The summed E-state index contributed by atoms with van der Waals surface area (Å²) in [4.78, 5) is 8.34. The number of hydrogen-bond donors (Lipinski definition) is 2. The van der Waals surface area contributed by atoms with Crippen molar-refractivity contribution in [1.29, 1.82) is 0 Å². The van der Waals surface area contributed by atoms with E-state index < -0.39 is 0 Å². The van der Waals surface area contributed by atoms with Crippen molar-refractivity contribution in [3.63, 3.8) is 0 Å². The predicted octanol–water partition coefficient (Wildman–Crippen LogP) is 3.01. The van der Waals surface area contributed by atoms with E-state index in [4.69, 9.17) is 0 Å². The van der Waals surface area contributed by atoms with Gasteiger partial charge in [0.25, 0.3) is 0 Å². The maximum Gasteiger partial charge on any atom is 0.191 e. The van der Waals surface area contributed by atoms with Crippen molar-refractivity contribution in [1.82, 2.24) is 20.2 Å². The van der Waals surface area contributed by atoms with Gasteiger partial charge in [0, 0.05) is 32.5 Å². The van der Waals surface area contributed by atoms with Gasteiger partial charge in [-0.05, 0) is 30.4 Å². The van der Waals surface area contributed by atoms with Crippen LogP contribution in [-0.2, 0) is 13.0 Å². The van der Waals surface area contributed by atoms with E-state index in [9.17, 15) is 0 Å². The first-order chi connectivity index (χ1) is 11.6. The fraction of sp³-hybridized carbons (Fsp3) is 0.474. The summed E-state index contributed by atoms with van der Waals surface area (Å²) >= 11 is 0. The molecule has 1 unspecified atom stereocenters. The Labute approximate surface area is 145 Å². The zero-order valence-corrected chi connectivity index (χ0v) is 15.2. The Morgan fingerprint density at radius 1 is 1.21 bits per heavy atom. The summed E-state index contributed by atoms with van der Waals surface area (Å²) in [5.74, 6) is 1.50. The average molecular weight is 327 g/mol. The summed E-state index contributed by atoms with van der Waals surface area (Å²) < 4.78 is 2.04. The molecule has 0 aliphatic carbocycles. The highest BCUT2D eigenvalue weighted by Crippen LogP contribution is 2.15. The van der Waals surface area contributed by atoms with Crippen LogP contribution in [0.4, 0.5) is 0 Å². The summed E-state index contributed by atoms with van der Waals surface area (Å²) in [5, 5.41) is 6.77.